The number of hydrogen-bond acceptors (Lipinski definition) is 5. The van der Waals surface area contributed by atoms with Crippen LogP contribution < -0.4 is 10.5 Å². The number of nitrogens with zero attached hydrogens (tertiary/aromatic N) is 1. The van der Waals surface area contributed by atoms with Crippen molar-refractivity contribution < 1.29 is 32.2 Å². The highest BCUT2D eigenvalue weighted by atomic mass is 19.1. The molecule has 1 heterocycles. The van der Waals surface area contributed by atoms with Crippen LogP contribution in [0.4, 0.5) is 13.2 Å². The maximum atomic E-state index is 14.1. The molecule has 0 radical (unpaired) electrons. The highest BCUT2D eigenvalue weighted by Gasteiger charge is 2.21. The minimum Gasteiger partial charge on any atom is -0.487 e. The van der Waals surface area contributed by atoms with Gasteiger partial charge >= 0.3 is 0 Å². The van der Waals surface area contributed by atoms with Gasteiger partial charge < -0.3 is 20.0 Å². The molecule has 0 aliphatic rings. The van der Waals surface area contributed by atoms with E-state index >= 15 is 0 Å². The summed E-state index contributed by atoms with van der Waals surface area (Å²) in [6, 6.07) is 7.25. The number of rotatable bonds is 6. The smallest absolute Gasteiger partial charge is 0.254 e. The lowest BCUT2D eigenvalue weighted by Gasteiger charge is -2.11. The molecule has 1 aromatic heterocycles. The number of aliphatic hydroxyl groups excluding tert-OH is 1. The Hall–Kier alpha value is -3.33. The molecule has 6 nitrogen and oxygen atoms in total. The van der Waals surface area contributed by atoms with Crippen molar-refractivity contribution in [1.29, 1.82) is 0 Å². The second kappa shape index (κ2) is 7.50. The molecule has 0 saturated heterocycles. The Kier molecular flexibility index (Phi) is 5.13. The number of halogens is 3. The van der Waals surface area contributed by atoms with Gasteiger partial charge in [-0.3, -0.25) is 4.79 Å². The lowest BCUT2D eigenvalue weighted by Crippen LogP contribution is -2.17. The molecular weight excluding hydrogens is 365 g/mol. The highest BCUT2D eigenvalue weighted by molar-refractivity contribution is 5.93. The Balaban J connectivity index is 1.72. The van der Waals surface area contributed by atoms with Crippen LogP contribution in [-0.2, 0) is 0 Å². The lowest BCUT2D eigenvalue weighted by molar-refractivity contribution is 0.0819. The van der Waals surface area contributed by atoms with Crippen molar-refractivity contribution in [3.05, 3.63) is 71.6 Å². The van der Waals surface area contributed by atoms with Gasteiger partial charge in [0, 0.05) is 5.56 Å². The van der Waals surface area contributed by atoms with Crippen LogP contribution in [0.1, 0.15) is 22.4 Å². The Morgan fingerprint density at radius 1 is 1.19 bits per heavy atom. The molecule has 27 heavy (non-hydrogen) atoms. The Labute approximate surface area is 151 Å². The number of ether oxygens (including phenoxy) is 1. The van der Waals surface area contributed by atoms with Crippen LogP contribution in [0.2, 0.25) is 0 Å². The van der Waals surface area contributed by atoms with E-state index in [4.69, 9.17) is 14.9 Å². The van der Waals surface area contributed by atoms with Crippen molar-refractivity contribution in [2.45, 2.75) is 6.10 Å². The van der Waals surface area contributed by atoms with Crippen LogP contribution in [-0.4, -0.2) is 22.6 Å². The molecule has 1 amide bonds. The van der Waals surface area contributed by atoms with Crippen LogP contribution in [0.5, 0.6) is 5.75 Å². The molecular formula is C18H13F3N2O4. The van der Waals surface area contributed by atoms with Crippen LogP contribution in [0.3, 0.4) is 0 Å². The summed E-state index contributed by atoms with van der Waals surface area (Å²) in [5.74, 6) is -4.67. The number of aromatic nitrogens is 1. The summed E-state index contributed by atoms with van der Waals surface area (Å²) in [5, 5.41) is 10.1. The standard InChI is InChI=1S/C18H13F3N2O4/c19-10-3-1-9(2-4-10)12-7-27-18(23-12)13(24)8-26-14-6-5-11(20)15(16(14)21)17(22)25/h1-7,13,24H,8H2,(H2,22,25). The molecule has 3 aromatic rings. The largest absolute Gasteiger partial charge is 0.487 e. The number of oxazole rings is 1. The quantitative estimate of drug-likeness (QED) is 0.687. The van der Waals surface area contributed by atoms with Crippen LogP contribution in [0, 0.1) is 17.5 Å². The molecule has 0 fully saturated rings. The molecule has 2 aromatic carbocycles. The van der Waals surface area contributed by atoms with E-state index in [-0.39, 0.29) is 5.89 Å². The fourth-order valence-electron chi connectivity index (χ4n) is 2.30. The summed E-state index contributed by atoms with van der Waals surface area (Å²) in [6.45, 7) is -0.482. The second-order valence-electron chi connectivity index (χ2n) is 5.50. The zero-order valence-corrected chi connectivity index (χ0v) is 13.7. The normalized spacial score (nSPS) is 12.0. The van der Waals surface area contributed by atoms with Crippen molar-refractivity contribution in [3.8, 4) is 17.0 Å². The minimum absolute atomic E-state index is 0.119. The summed E-state index contributed by atoms with van der Waals surface area (Å²) in [6.07, 6.45) is -0.115. The maximum Gasteiger partial charge on any atom is 0.254 e. The van der Waals surface area contributed by atoms with Gasteiger partial charge in [0.15, 0.2) is 17.7 Å². The number of benzene rings is 2. The number of nitrogens with two attached hydrogens (primary N) is 1. The first-order chi connectivity index (χ1) is 12.9. The second-order valence-corrected chi connectivity index (χ2v) is 5.50. The first-order valence-electron chi connectivity index (χ1n) is 7.67. The molecule has 1 unspecified atom stereocenters. The fraction of sp³-hybridized carbons (Fsp3) is 0.111. The van der Waals surface area contributed by atoms with E-state index in [0.29, 0.717) is 11.3 Å². The molecule has 140 valence electrons. The van der Waals surface area contributed by atoms with Crippen molar-refractivity contribution in [3.63, 3.8) is 0 Å². The highest BCUT2D eigenvalue weighted by Crippen LogP contribution is 2.25. The average Bonchev–Trinajstić information content (AvgIpc) is 3.11. The third-order valence-corrected chi connectivity index (χ3v) is 3.65. The van der Waals surface area contributed by atoms with E-state index in [1.54, 1.807) is 0 Å². The van der Waals surface area contributed by atoms with Gasteiger partial charge in [0.1, 0.15) is 35.8 Å². The summed E-state index contributed by atoms with van der Waals surface area (Å²) >= 11 is 0. The number of hydrogen-bond donors (Lipinski definition) is 2. The van der Waals surface area contributed by atoms with Gasteiger partial charge in [-0.15, -0.1) is 0 Å². The Morgan fingerprint density at radius 2 is 1.89 bits per heavy atom. The summed E-state index contributed by atoms with van der Waals surface area (Å²) in [7, 11) is 0. The van der Waals surface area contributed by atoms with Crippen LogP contribution >= 0.6 is 0 Å². The molecule has 0 bridgehead atoms. The van der Waals surface area contributed by atoms with Crippen LogP contribution in [0.25, 0.3) is 11.3 Å². The van der Waals surface area contributed by atoms with Gasteiger partial charge in [-0.2, -0.15) is 0 Å². The minimum atomic E-state index is -1.37. The first-order valence-corrected chi connectivity index (χ1v) is 7.67. The van der Waals surface area contributed by atoms with Crippen molar-refractivity contribution in [1.82, 2.24) is 4.98 Å². The molecule has 3 N–H and O–H groups in total. The Morgan fingerprint density at radius 3 is 2.56 bits per heavy atom. The third-order valence-electron chi connectivity index (χ3n) is 3.65. The number of carbonyl (C=O) groups excluding carboxylic acids is 1. The predicted molar refractivity (Wildman–Crippen MR) is 87.2 cm³/mol. The van der Waals surface area contributed by atoms with Crippen molar-refractivity contribution in [2.75, 3.05) is 6.61 Å². The number of amides is 1. The van der Waals surface area contributed by atoms with Crippen LogP contribution in [0.15, 0.2) is 47.1 Å². The van der Waals surface area contributed by atoms with Crippen molar-refractivity contribution >= 4 is 5.91 Å². The van der Waals surface area contributed by atoms with Gasteiger partial charge in [-0.05, 0) is 36.4 Å². The van der Waals surface area contributed by atoms with Gasteiger partial charge in [0.05, 0.1) is 0 Å². The van der Waals surface area contributed by atoms with E-state index < -0.39 is 47.4 Å². The van der Waals surface area contributed by atoms with Gasteiger partial charge in [0.2, 0.25) is 5.89 Å². The van der Waals surface area contributed by atoms with E-state index in [2.05, 4.69) is 4.98 Å². The number of primary amides is 1. The summed E-state index contributed by atoms with van der Waals surface area (Å²) < 4.78 is 50.7. The number of aliphatic hydroxyl groups is 1. The lowest BCUT2D eigenvalue weighted by atomic mass is 10.1. The Bertz CT molecular complexity index is 973. The summed E-state index contributed by atoms with van der Waals surface area (Å²) in [4.78, 5) is 15.2. The zero-order chi connectivity index (χ0) is 19.6. The SMILES string of the molecule is NC(=O)c1c(F)ccc(OCC(O)c2nc(-c3ccc(F)cc3)co2)c1F. The molecule has 0 saturated carbocycles. The molecule has 9 heteroatoms. The molecule has 1 atom stereocenters. The molecule has 0 spiro atoms. The molecule has 3 rings (SSSR count). The fourth-order valence-corrected chi connectivity index (χ4v) is 2.30. The first kappa shape index (κ1) is 18.5. The average molecular weight is 378 g/mol. The van der Waals surface area contributed by atoms with E-state index in [1.165, 1.54) is 30.5 Å². The monoisotopic (exact) mass is 378 g/mol. The molecule has 0 aliphatic carbocycles. The van der Waals surface area contributed by atoms with E-state index in [1.807, 2.05) is 0 Å². The number of carbonyl (C=O) groups is 1. The van der Waals surface area contributed by atoms with Gasteiger partial charge in [0.25, 0.3) is 5.91 Å². The van der Waals surface area contributed by atoms with Crippen molar-refractivity contribution in [2.24, 2.45) is 5.73 Å². The zero-order valence-electron chi connectivity index (χ0n) is 13.7. The van der Waals surface area contributed by atoms with Gasteiger partial charge in [-0.25, -0.2) is 18.2 Å². The van der Waals surface area contributed by atoms with Gasteiger partial charge in [-0.1, -0.05) is 0 Å². The van der Waals surface area contributed by atoms with E-state index in [0.717, 1.165) is 12.1 Å². The summed E-state index contributed by atoms with van der Waals surface area (Å²) in [5.41, 5.74) is 4.91. The molecule has 0 aliphatic heterocycles. The third kappa shape index (κ3) is 3.93. The predicted octanol–water partition coefficient (Wildman–Crippen LogP) is 2.97. The topological polar surface area (TPSA) is 98.6 Å². The maximum absolute atomic E-state index is 14.1. The van der Waals surface area contributed by atoms with E-state index in [9.17, 15) is 23.1 Å².